The number of aromatic amines is 1. The van der Waals surface area contributed by atoms with Crippen LogP contribution >= 0.6 is 12.6 Å². The van der Waals surface area contributed by atoms with Gasteiger partial charge in [-0.25, -0.2) is 0 Å². The molecule has 20 heavy (non-hydrogen) atoms. The van der Waals surface area contributed by atoms with Crippen LogP contribution in [0.25, 0.3) is 10.9 Å². The van der Waals surface area contributed by atoms with Crippen molar-refractivity contribution in [3.05, 3.63) is 36.0 Å². The van der Waals surface area contributed by atoms with Crippen molar-refractivity contribution < 1.29 is 9.90 Å². The summed E-state index contributed by atoms with van der Waals surface area (Å²) in [5.74, 6) is 0.0869. The van der Waals surface area contributed by atoms with E-state index in [4.69, 9.17) is 0 Å². The van der Waals surface area contributed by atoms with E-state index in [0.29, 0.717) is 19.4 Å². The van der Waals surface area contributed by atoms with E-state index in [-0.39, 0.29) is 23.8 Å². The largest absolute Gasteiger partial charge is 0.394 e. The summed E-state index contributed by atoms with van der Waals surface area (Å²) in [6.45, 7) is 0.598. The minimum absolute atomic E-state index is 0.0221. The molecule has 1 aliphatic rings. The summed E-state index contributed by atoms with van der Waals surface area (Å²) >= 11 is 4.37. The third-order valence-electron chi connectivity index (χ3n) is 3.92. The van der Waals surface area contributed by atoms with Crippen LogP contribution in [0, 0.1) is 0 Å². The summed E-state index contributed by atoms with van der Waals surface area (Å²) in [6.07, 6.45) is 3.09. The molecule has 0 saturated carbocycles. The third kappa shape index (κ3) is 2.43. The molecule has 1 amide bonds. The standard InChI is InChI=1S/C15H18N2O2S/c18-9-11(17-8-12(20)6-15(17)19)5-10-7-16-14-4-2-1-3-13(10)14/h1-4,7,11-12,16,18,20H,5-6,8-9H2. The van der Waals surface area contributed by atoms with Crippen LogP contribution in [-0.2, 0) is 11.2 Å². The van der Waals surface area contributed by atoms with E-state index in [1.807, 2.05) is 24.4 Å². The van der Waals surface area contributed by atoms with Crippen molar-refractivity contribution in [1.82, 2.24) is 9.88 Å². The third-order valence-corrected chi connectivity index (χ3v) is 4.27. The van der Waals surface area contributed by atoms with Crippen molar-refractivity contribution in [2.24, 2.45) is 0 Å². The number of nitrogens with one attached hydrogen (secondary N) is 1. The van der Waals surface area contributed by atoms with Gasteiger partial charge >= 0.3 is 0 Å². The summed E-state index contributed by atoms with van der Waals surface area (Å²) in [4.78, 5) is 16.9. The number of benzene rings is 1. The summed E-state index contributed by atoms with van der Waals surface area (Å²) in [5, 5.41) is 10.9. The van der Waals surface area contributed by atoms with Gasteiger partial charge in [0.2, 0.25) is 5.91 Å². The van der Waals surface area contributed by atoms with Crippen LogP contribution in [0.4, 0.5) is 0 Å². The maximum Gasteiger partial charge on any atom is 0.224 e. The van der Waals surface area contributed by atoms with Crippen LogP contribution in [0.3, 0.4) is 0 Å². The van der Waals surface area contributed by atoms with Gasteiger partial charge in [-0.1, -0.05) is 18.2 Å². The minimum atomic E-state index is -0.168. The Morgan fingerprint density at radius 1 is 1.45 bits per heavy atom. The summed E-state index contributed by atoms with van der Waals surface area (Å²) in [5.41, 5.74) is 2.22. The van der Waals surface area contributed by atoms with Crippen molar-refractivity contribution in [1.29, 1.82) is 0 Å². The topological polar surface area (TPSA) is 56.3 Å². The van der Waals surface area contributed by atoms with Gasteiger partial charge in [0, 0.05) is 35.3 Å². The molecule has 0 radical (unpaired) electrons. The van der Waals surface area contributed by atoms with Crippen LogP contribution in [0.15, 0.2) is 30.5 Å². The van der Waals surface area contributed by atoms with E-state index in [2.05, 4.69) is 23.7 Å². The highest BCUT2D eigenvalue weighted by molar-refractivity contribution is 7.81. The summed E-state index contributed by atoms with van der Waals surface area (Å²) in [7, 11) is 0. The predicted octanol–water partition coefficient (Wildman–Crippen LogP) is 1.60. The average Bonchev–Trinajstić information content (AvgIpc) is 3.00. The van der Waals surface area contributed by atoms with Crippen LogP contribution in [0.5, 0.6) is 0 Å². The molecule has 4 nitrogen and oxygen atoms in total. The van der Waals surface area contributed by atoms with Gasteiger partial charge < -0.3 is 15.0 Å². The Balaban J connectivity index is 1.83. The molecular weight excluding hydrogens is 272 g/mol. The lowest BCUT2D eigenvalue weighted by Crippen LogP contribution is -2.40. The van der Waals surface area contributed by atoms with Crippen molar-refractivity contribution in [2.75, 3.05) is 13.2 Å². The molecule has 3 rings (SSSR count). The van der Waals surface area contributed by atoms with Gasteiger partial charge in [0.1, 0.15) is 0 Å². The molecule has 5 heteroatoms. The van der Waals surface area contributed by atoms with Crippen molar-refractivity contribution in [3.8, 4) is 0 Å². The SMILES string of the molecule is O=C1CC(S)CN1C(CO)Cc1c[nH]c2ccccc12. The van der Waals surface area contributed by atoms with E-state index >= 15 is 0 Å². The van der Waals surface area contributed by atoms with Gasteiger partial charge in [-0.05, 0) is 18.1 Å². The first-order chi connectivity index (χ1) is 9.69. The number of hydrogen-bond donors (Lipinski definition) is 3. The molecule has 0 aliphatic carbocycles. The summed E-state index contributed by atoms with van der Waals surface area (Å²) in [6, 6.07) is 7.90. The normalized spacial score (nSPS) is 20.8. The fourth-order valence-electron chi connectivity index (χ4n) is 2.89. The lowest BCUT2D eigenvalue weighted by Gasteiger charge is -2.26. The van der Waals surface area contributed by atoms with Crippen LogP contribution in [0.2, 0.25) is 0 Å². The number of amides is 1. The number of fused-ring (bicyclic) bond motifs is 1. The summed E-state index contributed by atoms with van der Waals surface area (Å²) < 4.78 is 0. The van der Waals surface area contributed by atoms with Crippen molar-refractivity contribution in [3.63, 3.8) is 0 Å². The monoisotopic (exact) mass is 290 g/mol. The second-order valence-electron chi connectivity index (χ2n) is 5.30. The second-order valence-corrected chi connectivity index (χ2v) is 6.03. The Bertz CT molecular complexity index is 625. The molecular formula is C15H18N2O2S. The van der Waals surface area contributed by atoms with E-state index < -0.39 is 0 Å². The Labute approximate surface area is 123 Å². The number of rotatable bonds is 4. The van der Waals surface area contributed by atoms with Crippen LogP contribution in [-0.4, -0.2) is 45.3 Å². The average molecular weight is 290 g/mol. The molecule has 1 aromatic heterocycles. The number of likely N-dealkylation sites (tertiary alicyclic amines) is 1. The first-order valence-corrected chi connectivity index (χ1v) is 7.34. The van der Waals surface area contributed by atoms with E-state index in [1.54, 1.807) is 4.90 Å². The van der Waals surface area contributed by atoms with Crippen molar-refractivity contribution in [2.45, 2.75) is 24.1 Å². The number of para-hydroxylation sites is 1. The Kier molecular flexibility index (Phi) is 3.72. The highest BCUT2D eigenvalue weighted by Gasteiger charge is 2.32. The minimum Gasteiger partial charge on any atom is -0.394 e. The number of thiol groups is 1. The first-order valence-electron chi connectivity index (χ1n) is 6.82. The maximum atomic E-state index is 11.9. The molecule has 1 saturated heterocycles. The molecule has 1 aromatic carbocycles. The number of H-pyrrole nitrogens is 1. The lowest BCUT2D eigenvalue weighted by atomic mass is 10.0. The first kappa shape index (κ1) is 13.5. The number of carbonyl (C=O) groups is 1. The van der Waals surface area contributed by atoms with Crippen LogP contribution in [0.1, 0.15) is 12.0 Å². The maximum absolute atomic E-state index is 11.9. The molecule has 1 fully saturated rings. The van der Waals surface area contributed by atoms with E-state index in [9.17, 15) is 9.90 Å². The van der Waals surface area contributed by atoms with Gasteiger partial charge in [0.25, 0.3) is 0 Å². The molecule has 2 heterocycles. The Hall–Kier alpha value is -1.46. The molecule has 2 atom stereocenters. The van der Waals surface area contributed by atoms with Gasteiger partial charge in [-0.3, -0.25) is 4.79 Å². The number of aliphatic hydroxyl groups excluding tert-OH is 1. The highest BCUT2D eigenvalue weighted by Crippen LogP contribution is 2.24. The number of aromatic nitrogens is 1. The number of aliphatic hydroxyl groups is 1. The zero-order valence-corrected chi connectivity index (χ0v) is 12.0. The zero-order chi connectivity index (χ0) is 14.1. The van der Waals surface area contributed by atoms with Gasteiger partial charge in [-0.15, -0.1) is 0 Å². The molecule has 0 spiro atoms. The quantitative estimate of drug-likeness (QED) is 0.749. The zero-order valence-electron chi connectivity index (χ0n) is 11.1. The van der Waals surface area contributed by atoms with Gasteiger partial charge in [0.05, 0.1) is 12.6 Å². The molecule has 2 unspecified atom stereocenters. The fourth-order valence-corrected chi connectivity index (χ4v) is 3.22. The van der Waals surface area contributed by atoms with Crippen LogP contribution < -0.4 is 0 Å². The second kappa shape index (κ2) is 5.50. The fraction of sp³-hybridized carbons (Fsp3) is 0.400. The Morgan fingerprint density at radius 2 is 2.25 bits per heavy atom. The molecule has 2 aromatic rings. The lowest BCUT2D eigenvalue weighted by molar-refractivity contribution is -0.130. The molecule has 2 N–H and O–H groups in total. The number of hydrogen-bond acceptors (Lipinski definition) is 3. The van der Waals surface area contributed by atoms with Gasteiger partial charge in [-0.2, -0.15) is 12.6 Å². The predicted molar refractivity (Wildman–Crippen MR) is 82.0 cm³/mol. The Morgan fingerprint density at radius 3 is 2.95 bits per heavy atom. The van der Waals surface area contributed by atoms with Crippen molar-refractivity contribution >= 4 is 29.4 Å². The molecule has 0 bridgehead atoms. The smallest absolute Gasteiger partial charge is 0.224 e. The van der Waals surface area contributed by atoms with E-state index in [0.717, 1.165) is 16.5 Å². The van der Waals surface area contributed by atoms with E-state index in [1.165, 1.54) is 0 Å². The molecule has 1 aliphatic heterocycles. The number of carbonyl (C=O) groups excluding carboxylic acids is 1. The van der Waals surface area contributed by atoms with Gasteiger partial charge in [0.15, 0.2) is 0 Å². The highest BCUT2D eigenvalue weighted by atomic mass is 32.1. The number of nitrogens with zero attached hydrogens (tertiary/aromatic N) is 1. The molecule has 106 valence electrons.